The number of nitrogens with zero attached hydrogens (tertiary/aromatic N) is 4. The van der Waals surface area contributed by atoms with Crippen molar-refractivity contribution in [1.29, 1.82) is 0 Å². The predicted molar refractivity (Wildman–Crippen MR) is 98.6 cm³/mol. The Bertz CT molecular complexity index is 967. The van der Waals surface area contributed by atoms with Crippen molar-refractivity contribution in [3.05, 3.63) is 42.4 Å². The number of rotatable bonds is 4. The van der Waals surface area contributed by atoms with Gasteiger partial charge in [0, 0.05) is 17.7 Å². The quantitative estimate of drug-likeness (QED) is 0.671. The summed E-state index contributed by atoms with van der Waals surface area (Å²) in [6.45, 7) is 5.68. The summed E-state index contributed by atoms with van der Waals surface area (Å²) < 4.78 is 7.06. The van der Waals surface area contributed by atoms with Crippen LogP contribution in [0.4, 0.5) is 0 Å². The van der Waals surface area contributed by atoms with Crippen LogP contribution in [0.3, 0.4) is 0 Å². The Kier molecular flexibility index (Phi) is 3.98. The second-order valence-electron chi connectivity index (χ2n) is 7.73. The van der Waals surface area contributed by atoms with E-state index in [1.165, 1.54) is 0 Å². The molecule has 0 unspecified atom stereocenters. The average Bonchev–Trinajstić information content (AvgIpc) is 3.34. The van der Waals surface area contributed by atoms with E-state index in [0.29, 0.717) is 5.92 Å². The lowest BCUT2D eigenvalue weighted by Gasteiger charge is -2.19. The fourth-order valence-corrected chi connectivity index (χ4v) is 2.97. The second-order valence-corrected chi connectivity index (χ2v) is 7.73. The summed E-state index contributed by atoms with van der Waals surface area (Å²) in [7, 11) is 0. The fourth-order valence-electron chi connectivity index (χ4n) is 2.97. The lowest BCUT2D eigenvalue weighted by molar-refractivity contribution is -0.155. The number of benzene rings is 1. The van der Waals surface area contributed by atoms with Crippen LogP contribution >= 0.6 is 0 Å². The maximum Gasteiger partial charge on any atom is 0.328 e. The van der Waals surface area contributed by atoms with Gasteiger partial charge in [0.05, 0.1) is 28.6 Å². The van der Waals surface area contributed by atoms with E-state index in [9.17, 15) is 4.79 Å². The van der Waals surface area contributed by atoms with Gasteiger partial charge in [-0.25, -0.2) is 4.98 Å². The van der Waals surface area contributed by atoms with Crippen LogP contribution in [0.2, 0.25) is 0 Å². The van der Waals surface area contributed by atoms with Gasteiger partial charge in [-0.1, -0.05) is 12.1 Å². The molecular formula is C20H22N4O2. The maximum absolute atomic E-state index is 12.1. The molecule has 1 aliphatic rings. The van der Waals surface area contributed by atoms with E-state index < -0.39 is 5.60 Å². The summed E-state index contributed by atoms with van der Waals surface area (Å²) in [6.07, 6.45) is 5.91. The Labute approximate surface area is 152 Å². The van der Waals surface area contributed by atoms with Crippen LogP contribution in [-0.4, -0.2) is 31.3 Å². The molecule has 26 heavy (non-hydrogen) atoms. The number of esters is 1. The van der Waals surface area contributed by atoms with Gasteiger partial charge in [-0.15, -0.1) is 0 Å². The zero-order chi connectivity index (χ0) is 18.3. The van der Waals surface area contributed by atoms with Crippen molar-refractivity contribution in [1.82, 2.24) is 19.7 Å². The van der Waals surface area contributed by atoms with Gasteiger partial charge in [-0.2, -0.15) is 5.10 Å². The van der Waals surface area contributed by atoms with Crippen molar-refractivity contribution in [3.63, 3.8) is 0 Å². The summed E-state index contributed by atoms with van der Waals surface area (Å²) in [5.41, 5.74) is 3.96. The molecule has 6 heteroatoms. The monoisotopic (exact) mass is 350 g/mol. The van der Waals surface area contributed by atoms with Crippen molar-refractivity contribution >= 4 is 17.0 Å². The zero-order valence-corrected chi connectivity index (χ0v) is 15.3. The second kappa shape index (κ2) is 6.20. The largest absolute Gasteiger partial charge is 0.459 e. The molecule has 2 aromatic heterocycles. The van der Waals surface area contributed by atoms with Crippen LogP contribution in [0.1, 0.15) is 45.2 Å². The van der Waals surface area contributed by atoms with Crippen LogP contribution in [0.5, 0.6) is 0 Å². The minimum absolute atomic E-state index is 0.0952. The average molecular weight is 350 g/mol. The normalized spacial score (nSPS) is 14.6. The van der Waals surface area contributed by atoms with Crippen molar-refractivity contribution in [3.8, 4) is 11.3 Å². The lowest BCUT2D eigenvalue weighted by Crippen LogP contribution is -2.26. The lowest BCUT2D eigenvalue weighted by atomic mass is 10.1. The van der Waals surface area contributed by atoms with Gasteiger partial charge in [0.1, 0.15) is 12.1 Å². The van der Waals surface area contributed by atoms with E-state index in [4.69, 9.17) is 9.72 Å². The Morgan fingerprint density at radius 2 is 1.96 bits per heavy atom. The molecule has 0 atom stereocenters. The van der Waals surface area contributed by atoms with Gasteiger partial charge < -0.3 is 4.74 Å². The summed E-state index contributed by atoms with van der Waals surface area (Å²) in [4.78, 5) is 21.4. The molecule has 6 nitrogen and oxygen atoms in total. The summed E-state index contributed by atoms with van der Waals surface area (Å²) in [5, 5.41) is 4.65. The standard InChI is InChI=1S/C20H22N4O2/c1-20(2,3)26-18(25)12-24-11-14(19(23-24)13-8-9-13)17-10-21-15-6-4-5-7-16(15)22-17/h4-7,10-11,13H,8-9,12H2,1-3H3. The number of fused-ring (bicyclic) bond motifs is 1. The van der Waals surface area contributed by atoms with Gasteiger partial charge in [0.2, 0.25) is 0 Å². The van der Waals surface area contributed by atoms with E-state index in [0.717, 1.165) is 40.8 Å². The smallest absolute Gasteiger partial charge is 0.328 e. The summed E-state index contributed by atoms with van der Waals surface area (Å²) >= 11 is 0. The van der Waals surface area contributed by atoms with Gasteiger partial charge in [0.15, 0.2) is 0 Å². The molecule has 1 aliphatic carbocycles. The molecular weight excluding hydrogens is 328 g/mol. The number of para-hydroxylation sites is 2. The molecule has 0 radical (unpaired) electrons. The van der Waals surface area contributed by atoms with E-state index >= 15 is 0 Å². The third-order valence-electron chi connectivity index (χ3n) is 4.19. The predicted octanol–water partition coefficient (Wildman–Crippen LogP) is 3.71. The molecule has 0 N–H and O–H groups in total. The van der Waals surface area contributed by atoms with Crippen molar-refractivity contribution in [2.45, 2.75) is 51.7 Å². The Morgan fingerprint density at radius 3 is 2.65 bits per heavy atom. The van der Waals surface area contributed by atoms with E-state index in [2.05, 4.69) is 10.1 Å². The highest BCUT2D eigenvalue weighted by Crippen LogP contribution is 2.43. The van der Waals surface area contributed by atoms with Crippen LogP contribution in [-0.2, 0) is 16.1 Å². The number of hydrogen-bond acceptors (Lipinski definition) is 5. The maximum atomic E-state index is 12.1. The Balaban J connectivity index is 1.66. The zero-order valence-electron chi connectivity index (χ0n) is 15.3. The highest BCUT2D eigenvalue weighted by molar-refractivity contribution is 5.77. The van der Waals surface area contributed by atoms with Gasteiger partial charge in [-0.05, 0) is 45.7 Å². The Hall–Kier alpha value is -2.76. The van der Waals surface area contributed by atoms with Crippen LogP contribution in [0.15, 0.2) is 36.7 Å². The first-order valence-corrected chi connectivity index (χ1v) is 8.90. The molecule has 134 valence electrons. The number of carbonyl (C=O) groups excluding carboxylic acids is 1. The number of carbonyl (C=O) groups is 1. The number of ether oxygens (including phenoxy) is 1. The highest BCUT2D eigenvalue weighted by atomic mass is 16.6. The third kappa shape index (κ3) is 3.59. The molecule has 2 heterocycles. The molecule has 1 saturated carbocycles. The molecule has 0 aliphatic heterocycles. The summed E-state index contributed by atoms with van der Waals surface area (Å²) in [6, 6.07) is 7.80. The topological polar surface area (TPSA) is 69.9 Å². The first-order valence-electron chi connectivity index (χ1n) is 8.90. The highest BCUT2D eigenvalue weighted by Gasteiger charge is 2.30. The minimum atomic E-state index is -0.504. The molecule has 4 rings (SSSR count). The molecule has 0 spiro atoms. The van der Waals surface area contributed by atoms with Crippen molar-refractivity contribution < 1.29 is 9.53 Å². The molecule has 0 bridgehead atoms. The minimum Gasteiger partial charge on any atom is -0.459 e. The van der Waals surface area contributed by atoms with E-state index in [1.54, 1.807) is 10.9 Å². The SMILES string of the molecule is CC(C)(C)OC(=O)Cn1cc(-c2cnc3ccccc3n2)c(C2CC2)n1. The molecule has 1 aromatic carbocycles. The van der Waals surface area contributed by atoms with Gasteiger partial charge >= 0.3 is 5.97 Å². The third-order valence-corrected chi connectivity index (χ3v) is 4.19. The van der Waals surface area contributed by atoms with E-state index in [-0.39, 0.29) is 12.5 Å². The van der Waals surface area contributed by atoms with Crippen LogP contribution in [0, 0.1) is 0 Å². The summed E-state index contributed by atoms with van der Waals surface area (Å²) in [5.74, 6) is 0.150. The van der Waals surface area contributed by atoms with Gasteiger partial charge in [0.25, 0.3) is 0 Å². The fraction of sp³-hybridized carbons (Fsp3) is 0.400. The number of hydrogen-bond donors (Lipinski definition) is 0. The van der Waals surface area contributed by atoms with E-state index in [1.807, 2.05) is 51.2 Å². The number of aromatic nitrogens is 4. The van der Waals surface area contributed by atoms with Crippen molar-refractivity contribution in [2.24, 2.45) is 0 Å². The molecule has 1 fully saturated rings. The molecule has 0 amide bonds. The van der Waals surface area contributed by atoms with Gasteiger partial charge in [-0.3, -0.25) is 14.5 Å². The van der Waals surface area contributed by atoms with Crippen LogP contribution in [0.25, 0.3) is 22.3 Å². The first kappa shape index (κ1) is 16.7. The first-order chi connectivity index (χ1) is 12.4. The Morgan fingerprint density at radius 1 is 1.23 bits per heavy atom. The van der Waals surface area contributed by atoms with Crippen molar-refractivity contribution in [2.75, 3.05) is 0 Å². The molecule has 3 aromatic rings. The van der Waals surface area contributed by atoms with Crippen LogP contribution < -0.4 is 0 Å². The molecule has 0 saturated heterocycles.